The molecule has 27 heavy (non-hydrogen) atoms. The van der Waals surface area contributed by atoms with Crippen LogP contribution in [0.4, 0.5) is 0 Å². The van der Waals surface area contributed by atoms with E-state index in [9.17, 15) is 0 Å². The average Bonchev–Trinajstić information content (AvgIpc) is 2.64. The van der Waals surface area contributed by atoms with Gasteiger partial charge in [-0.15, -0.1) is 0 Å². The Labute approximate surface area is 170 Å². The molecule has 5 heteroatoms. The van der Waals surface area contributed by atoms with Crippen molar-refractivity contribution in [2.45, 2.75) is 39.4 Å². The van der Waals surface area contributed by atoms with Crippen LogP contribution in [0, 0.1) is 0 Å². The van der Waals surface area contributed by atoms with Gasteiger partial charge in [-0.3, -0.25) is 0 Å². The third-order valence-electron chi connectivity index (χ3n) is 4.29. The highest BCUT2D eigenvalue weighted by Gasteiger charge is 2.13. The molecule has 0 radical (unpaired) electrons. The van der Waals surface area contributed by atoms with Gasteiger partial charge in [0.25, 0.3) is 0 Å². The van der Waals surface area contributed by atoms with Gasteiger partial charge in [-0.05, 0) is 40.3 Å². The van der Waals surface area contributed by atoms with E-state index < -0.39 is 0 Å². The van der Waals surface area contributed by atoms with Gasteiger partial charge in [-0.1, -0.05) is 68.2 Å². The zero-order valence-corrected chi connectivity index (χ0v) is 17.2. The third kappa shape index (κ3) is 5.07. The minimum absolute atomic E-state index is 0.145. The first kappa shape index (κ1) is 19.8. The zero-order chi connectivity index (χ0) is 19.4. The van der Waals surface area contributed by atoms with Crippen LogP contribution in [-0.4, -0.2) is 9.97 Å². The minimum atomic E-state index is 0.145. The molecule has 1 aromatic heterocycles. The Kier molecular flexibility index (Phi) is 6.15. The van der Waals surface area contributed by atoms with Crippen molar-refractivity contribution >= 4 is 23.2 Å². The van der Waals surface area contributed by atoms with Gasteiger partial charge in [0.2, 0.25) is 0 Å². The van der Waals surface area contributed by atoms with Crippen molar-refractivity contribution in [3.8, 4) is 11.4 Å². The van der Waals surface area contributed by atoms with E-state index in [0.717, 1.165) is 16.7 Å². The molecule has 0 spiro atoms. The van der Waals surface area contributed by atoms with E-state index in [1.807, 2.05) is 6.07 Å². The fourth-order valence-corrected chi connectivity index (χ4v) is 3.22. The Bertz CT molecular complexity index is 904. The molecule has 2 aromatic carbocycles. The number of ether oxygens (including phenoxy) is 1. The van der Waals surface area contributed by atoms with Gasteiger partial charge in [0, 0.05) is 23.0 Å². The van der Waals surface area contributed by atoms with Crippen LogP contribution in [0.25, 0.3) is 11.4 Å². The average molecular weight is 401 g/mol. The Balaban J connectivity index is 1.69. The van der Waals surface area contributed by atoms with E-state index in [1.165, 1.54) is 5.56 Å². The summed E-state index contributed by atoms with van der Waals surface area (Å²) in [4.78, 5) is 8.51. The summed E-state index contributed by atoms with van der Waals surface area (Å²) >= 11 is 12.6. The van der Waals surface area contributed by atoms with Crippen molar-refractivity contribution in [3.05, 3.63) is 81.6 Å². The van der Waals surface area contributed by atoms with Crippen LogP contribution in [0.2, 0.25) is 10.0 Å². The molecule has 3 nitrogen and oxygen atoms in total. The van der Waals surface area contributed by atoms with Gasteiger partial charge in [0.05, 0.1) is 18.2 Å². The first-order chi connectivity index (χ1) is 12.8. The molecule has 0 fully saturated rings. The number of hydrogen-bond acceptors (Lipinski definition) is 3. The number of aromatic nitrogens is 2. The van der Waals surface area contributed by atoms with Crippen LogP contribution < -0.4 is 0 Å². The van der Waals surface area contributed by atoms with E-state index in [0.29, 0.717) is 29.1 Å². The van der Waals surface area contributed by atoms with Crippen LogP contribution in [0.5, 0.6) is 0 Å². The summed E-state index contributed by atoms with van der Waals surface area (Å²) in [6.45, 7) is 7.51. The summed E-state index contributed by atoms with van der Waals surface area (Å²) in [6.07, 6.45) is 3.37. The summed E-state index contributed by atoms with van der Waals surface area (Å²) in [5.74, 6) is 0.568. The second-order valence-corrected chi connectivity index (χ2v) is 8.25. The molecule has 0 aliphatic carbocycles. The fraction of sp³-hybridized carbons (Fsp3) is 0.273. The molecular formula is C22H22Cl2N2O. The summed E-state index contributed by atoms with van der Waals surface area (Å²) in [5, 5.41) is 1.09. The minimum Gasteiger partial charge on any atom is -0.372 e. The number of halogens is 2. The molecule has 0 saturated heterocycles. The van der Waals surface area contributed by atoms with E-state index in [-0.39, 0.29) is 5.41 Å². The fourth-order valence-electron chi connectivity index (χ4n) is 2.69. The van der Waals surface area contributed by atoms with Crippen LogP contribution in [0.1, 0.15) is 37.5 Å². The maximum Gasteiger partial charge on any atom is 0.160 e. The highest BCUT2D eigenvalue weighted by molar-refractivity contribution is 6.36. The van der Waals surface area contributed by atoms with Crippen molar-refractivity contribution in [2.75, 3.05) is 0 Å². The van der Waals surface area contributed by atoms with Crippen LogP contribution in [0.3, 0.4) is 0 Å². The number of nitrogens with zero attached hydrogens (tertiary/aromatic N) is 2. The topological polar surface area (TPSA) is 35.0 Å². The molecule has 3 rings (SSSR count). The lowest BCUT2D eigenvalue weighted by atomic mass is 9.87. The molecule has 0 atom stereocenters. The molecule has 0 amide bonds. The van der Waals surface area contributed by atoms with Crippen molar-refractivity contribution in [2.24, 2.45) is 0 Å². The van der Waals surface area contributed by atoms with E-state index in [2.05, 4.69) is 55.0 Å². The molecule has 0 aliphatic rings. The predicted molar refractivity (Wildman–Crippen MR) is 111 cm³/mol. The third-order valence-corrected chi connectivity index (χ3v) is 4.95. The Hall–Kier alpha value is -1.94. The molecule has 0 unspecified atom stereocenters. The normalized spacial score (nSPS) is 11.6. The van der Waals surface area contributed by atoms with Gasteiger partial charge >= 0.3 is 0 Å². The van der Waals surface area contributed by atoms with E-state index in [1.54, 1.807) is 24.5 Å². The van der Waals surface area contributed by atoms with Gasteiger partial charge in [0.15, 0.2) is 5.82 Å². The second-order valence-electron chi connectivity index (χ2n) is 7.44. The maximum absolute atomic E-state index is 6.34. The van der Waals surface area contributed by atoms with Gasteiger partial charge < -0.3 is 4.74 Å². The second kappa shape index (κ2) is 8.39. The van der Waals surface area contributed by atoms with Gasteiger partial charge in [0.1, 0.15) is 0 Å². The largest absolute Gasteiger partial charge is 0.372 e. The van der Waals surface area contributed by atoms with Crippen LogP contribution >= 0.6 is 23.2 Å². The molecule has 0 bridgehead atoms. The Morgan fingerprint density at radius 1 is 0.889 bits per heavy atom. The summed E-state index contributed by atoms with van der Waals surface area (Å²) in [7, 11) is 0. The first-order valence-electron chi connectivity index (χ1n) is 8.77. The smallest absolute Gasteiger partial charge is 0.160 e. The molecule has 1 heterocycles. The lowest BCUT2D eigenvalue weighted by Crippen LogP contribution is -2.10. The standard InChI is InChI=1S/C22H22Cl2N2O/c1-22(2,3)17-7-5-15(6-8-17)13-27-14-16-11-18(20(24)12-19(16)23)21-25-9-4-10-26-21/h4-12H,13-14H2,1-3H3. The number of benzene rings is 2. The van der Waals surface area contributed by atoms with Crippen LogP contribution in [-0.2, 0) is 23.4 Å². The molecule has 0 N–H and O–H groups in total. The predicted octanol–water partition coefficient (Wildman–Crippen LogP) is 6.46. The van der Waals surface area contributed by atoms with Crippen molar-refractivity contribution in [3.63, 3.8) is 0 Å². The zero-order valence-electron chi connectivity index (χ0n) is 15.7. The van der Waals surface area contributed by atoms with Crippen LogP contribution in [0.15, 0.2) is 54.9 Å². The Morgan fingerprint density at radius 3 is 2.19 bits per heavy atom. The van der Waals surface area contributed by atoms with Crippen molar-refractivity contribution < 1.29 is 4.74 Å². The molecule has 3 aromatic rings. The molecule has 0 saturated carbocycles. The molecule has 140 valence electrons. The van der Waals surface area contributed by atoms with Crippen molar-refractivity contribution in [1.82, 2.24) is 9.97 Å². The molecular weight excluding hydrogens is 379 g/mol. The van der Waals surface area contributed by atoms with Crippen molar-refractivity contribution in [1.29, 1.82) is 0 Å². The summed E-state index contributed by atoms with van der Waals surface area (Å²) in [5.41, 5.74) is 4.18. The SMILES string of the molecule is CC(C)(C)c1ccc(COCc2cc(-c3ncccn3)c(Cl)cc2Cl)cc1. The quantitative estimate of drug-likeness (QED) is 0.492. The van der Waals surface area contributed by atoms with E-state index in [4.69, 9.17) is 27.9 Å². The van der Waals surface area contributed by atoms with Gasteiger partial charge in [-0.2, -0.15) is 0 Å². The van der Waals surface area contributed by atoms with Gasteiger partial charge in [-0.25, -0.2) is 9.97 Å². The number of rotatable bonds is 5. The summed E-state index contributed by atoms with van der Waals surface area (Å²) < 4.78 is 5.87. The Morgan fingerprint density at radius 2 is 1.56 bits per heavy atom. The highest BCUT2D eigenvalue weighted by Crippen LogP contribution is 2.31. The maximum atomic E-state index is 6.34. The lowest BCUT2D eigenvalue weighted by Gasteiger charge is -2.19. The summed E-state index contributed by atoms with van der Waals surface area (Å²) in [6, 6.07) is 13.9. The lowest BCUT2D eigenvalue weighted by molar-refractivity contribution is 0.107. The number of hydrogen-bond donors (Lipinski definition) is 0. The molecule has 0 aliphatic heterocycles. The first-order valence-corrected chi connectivity index (χ1v) is 9.52. The highest BCUT2D eigenvalue weighted by atomic mass is 35.5. The monoisotopic (exact) mass is 400 g/mol. The van der Waals surface area contributed by atoms with E-state index >= 15 is 0 Å².